The SMILES string of the molecule is CNc1nc(C2Cc3ccccc32)nc(C)c1C. The molecule has 1 aliphatic rings. The fourth-order valence-electron chi connectivity index (χ4n) is 2.54. The lowest BCUT2D eigenvalue weighted by Crippen LogP contribution is -2.21. The summed E-state index contributed by atoms with van der Waals surface area (Å²) >= 11 is 0. The molecule has 18 heavy (non-hydrogen) atoms. The van der Waals surface area contributed by atoms with Crippen LogP contribution in [0.2, 0.25) is 0 Å². The van der Waals surface area contributed by atoms with Gasteiger partial charge in [-0.05, 0) is 31.4 Å². The molecular formula is C15H17N3. The molecule has 3 heteroatoms. The summed E-state index contributed by atoms with van der Waals surface area (Å²) in [5.41, 5.74) is 5.00. The van der Waals surface area contributed by atoms with Crippen molar-refractivity contribution in [1.82, 2.24) is 9.97 Å². The van der Waals surface area contributed by atoms with Crippen LogP contribution in [0.4, 0.5) is 5.82 Å². The maximum absolute atomic E-state index is 4.65. The third kappa shape index (κ3) is 1.58. The molecule has 1 heterocycles. The molecule has 0 saturated carbocycles. The van der Waals surface area contributed by atoms with E-state index in [0.717, 1.165) is 29.3 Å². The largest absolute Gasteiger partial charge is 0.373 e. The van der Waals surface area contributed by atoms with E-state index in [1.807, 2.05) is 14.0 Å². The van der Waals surface area contributed by atoms with Gasteiger partial charge in [-0.25, -0.2) is 9.97 Å². The molecule has 3 nitrogen and oxygen atoms in total. The second-order valence-corrected chi connectivity index (χ2v) is 4.85. The number of aryl methyl sites for hydroxylation is 1. The summed E-state index contributed by atoms with van der Waals surface area (Å²) in [6.07, 6.45) is 1.06. The molecule has 92 valence electrons. The van der Waals surface area contributed by atoms with Gasteiger partial charge in [0.15, 0.2) is 0 Å². The lowest BCUT2D eigenvalue weighted by Gasteiger charge is -2.29. The molecule has 1 atom stereocenters. The number of hydrogen-bond acceptors (Lipinski definition) is 3. The molecule has 3 rings (SSSR count). The van der Waals surface area contributed by atoms with Crippen molar-refractivity contribution in [3.8, 4) is 0 Å². The van der Waals surface area contributed by atoms with Gasteiger partial charge < -0.3 is 5.32 Å². The first-order valence-electron chi connectivity index (χ1n) is 6.31. The Bertz CT molecular complexity index is 605. The van der Waals surface area contributed by atoms with Crippen molar-refractivity contribution in [2.75, 3.05) is 12.4 Å². The van der Waals surface area contributed by atoms with E-state index in [0.29, 0.717) is 5.92 Å². The van der Waals surface area contributed by atoms with Crippen molar-refractivity contribution >= 4 is 5.82 Å². The normalized spacial score (nSPS) is 16.9. The molecule has 1 N–H and O–H groups in total. The standard InChI is InChI=1S/C15H17N3/c1-9-10(2)17-15(18-14(9)16-3)13-8-11-6-4-5-7-12(11)13/h4-7,13H,8H2,1-3H3,(H,16,17,18). The number of rotatable bonds is 2. The zero-order chi connectivity index (χ0) is 12.7. The van der Waals surface area contributed by atoms with Gasteiger partial charge in [-0.1, -0.05) is 24.3 Å². The summed E-state index contributed by atoms with van der Waals surface area (Å²) in [6, 6.07) is 8.55. The first-order valence-corrected chi connectivity index (χ1v) is 6.31. The van der Waals surface area contributed by atoms with Crippen LogP contribution in [0, 0.1) is 13.8 Å². The maximum atomic E-state index is 4.65. The van der Waals surface area contributed by atoms with Gasteiger partial charge in [0, 0.05) is 24.2 Å². The number of aromatic nitrogens is 2. The molecular weight excluding hydrogens is 222 g/mol. The van der Waals surface area contributed by atoms with E-state index < -0.39 is 0 Å². The number of anilines is 1. The van der Waals surface area contributed by atoms with E-state index in [9.17, 15) is 0 Å². The Morgan fingerprint density at radius 2 is 1.94 bits per heavy atom. The summed E-state index contributed by atoms with van der Waals surface area (Å²) in [6.45, 7) is 4.10. The van der Waals surface area contributed by atoms with Gasteiger partial charge in [-0.3, -0.25) is 0 Å². The van der Waals surface area contributed by atoms with Gasteiger partial charge >= 0.3 is 0 Å². The third-order valence-electron chi connectivity index (χ3n) is 3.81. The van der Waals surface area contributed by atoms with E-state index in [1.165, 1.54) is 11.1 Å². The van der Waals surface area contributed by atoms with E-state index in [2.05, 4.69) is 46.5 Å². The van der Waals surface area contributed by atoms with Gasteiger partial charge in [0.2, 0.25) is 0 Å². The minimum Gasteiger partial charge on any atom is -0.373 e. The summed E-state index contributed by atoms with van der Waals surface area (Å²) in [5, 5.41) is 3.15. The molecule has 1 unspecified atom stereocenters. The number of fused-ring (bicyclic) bond motifs is 1. The average molecular weight is 239 g/mol. The van der Waals surface area contributed by atoms with Gasteiger partial charge in [-0.15, -0.1) is 0 Å². The Kier molecular flexibility index (Phi) is 2.54. The van der Waals surface area contributed by atoms with Crippen LogP contribution in [0.3, 0.4) is 0 Å². The molecule has 0 saturated heterocycles. The van der Waals surface area contributed by atoms with Gasteiger partial charge in [0.05, 0.1) is 0 Å². The molecule has 0 aliphatic heterocycles. The lowest BCUT2D eigenvalue weighted by atomic mass is 9.77. The number of hydrogen-bond donors (Lipinski definition) is 1. The Morgan fingerprint density at radius 3 is 2.67 bits per heavy atom. The Balaban J connectivity index is 2.03. The molecule has 0 bridgehead atoms. The van der Waals surface area contributed by atoms with Crippen LogP contribution in [-0.4, -0.2) is 17.0 Å². The number of nitrogens with zero attached hydrogens (tertiary/aromatic N) is 2. The van der Waals surface area contributed by atoms with E-state index >= 15 is 0 Å². The summed E-state index contributed by atoms with van der Waals surface area (Å²) in [4.78, 5) is 9.30. The molecule has 2 aromatic rings. The maximum Gasteiger partial charge on any atom is 0.138 e. The monoisotopic (exact) mass is 239 g/mol. The van der Waals surface area contributed by atoms with E-state index in [1.54, 1.807) is 0 Å². The van der Waals surface area contributed by atoms with Crippen molar-refractivity contribution in [3.05, 3.63) is 52.5 Å². The molecule has 1 aromatic heterocycles. The van der Waals surface area contributed by atoms with E-state index in [4.69, 9.17) is 0 Å². The molecule has 1 aliphatic carbocycles. The third-order valence-corrected chi connectivity index (χ3v) is 3.81. The Labute approximate surface area is 107 Å². The topological polar surface area (TPSA) is 37.8 Å². The highest BCUT2D eigenvalue weighted by molar-refractivity contribution is 5.49. The molecule has 0 radical (unpaired) electrons. The van der Waals surface area contributed by atoms with Crippen LogP contribution >= 0.6 is 0 Å². The van der Waals surface area contributed by atoms with Crippen molar-refractivity contribution in [3.63, 3.8) is 0 Å². The first kappa shape index (κ1) is 11.2. The molecule has 0 fully saturated rings. The van der Waals surface area contributed by atoms with Gasteiger partial charge in [-0.2, -0.15) is 0 Å². The smallest absolute Gasteiger partial charge is 0.138 e. The second-order valence-electron chi connectivity index (χ2n) is 4.85. The zero-order valence-corrected chi connectivity index (χ0v) is 11.0. The molecule has 0 amide bonds. The van der Waals surface area contributed by atoms with Crippen LogP contribution in [0.25, 0.3) is 0 Å². The minimum absolute atomic E-state index is 0.368. The highest BCUT2D eigenvalue weighted by Crippen LogP contribution is 2.38. The summed E-state index contributed by atoms with van der Waals surface area (Å²) in [7, 11) is 1.91. The van der Waals surface area contributed by atoms with E-state index in [-0.39, 0.29) is 0 Å². The van der Waals surface area contributed by atoms with Crippen LogP contribution in [0.5, 0.6) is 0 Å². The van der Waals surface area contributed by atoms with Crippen LogP contribution in [0.1, 0.15) is 34.1 Å². The van der Waals surface area contributed by atoms with Crippen molar-refractivity contribution < 1.29 is 0 Å². The van der Waals surface area contributed by atoms with Crippen LogP contribution in [0.15, 0.2) is 24.3 Å². The predicted molar refractivity (Wildman–Crippen MR) is 73.0 cm³/mol. The predicted octanol–water partition coefficient (Wildman–Crippen LogP) is 2.82. The Morgan fingerprint density at radius 1 is 1.17 bits per heavy atom. The van der Waals surface area contributed by atoms with Crippen molar-refractivity contribution in [2.24, 2.45) is 0 Å². The fourth-order valence-corrected chi connectivity index (χ4v) is 2.54. The van der Waals surface area contributed by atoms with Gasteiger partial charge in [0.1, 0.15) is 11.6 Å². The highest BCUT2D eigenvalue weighted by atomic mass is 15.0. The first-order chi connectivity index (χ1) is 8.70. The molecule has 1 aromatic carbocycles. The molecule has 0 spiro atoms. The zero-order valence-electron chi connectivity index (χ0n) is 11.0. The average Bonchev–Trinajstić information content (AvgIpc) is 2.35. The fraction of sp³-hybridized carbons (Fsp3) is 0.333. The highest BCUT2D eigenvalue weighted by Gasteiger charge is 2.29. The number of benzene rings is 1. The summed E-state index contributed by atoms with van der Waals surface area (Å²) < 4.78 is 0. The Hall–Kier alpha value is -1.90. The van der Waals surface area contributed by atoms with Crippen LogP contribution < -0.4 is 5.32 Å². The summed E-state index contributed by atoms with van der Waals surface area (Å²) in [5.74, 6) is 2.26. The quantitative estimate of drug-likeness (QED) is 0.875. The second kappa shape index (κ2) is 4.09. The van der Waals surface area contributed by atoms with Crippen molar-refractivity contribution in [2.45, 2.75) is 26.2 Å². The van der Waals surface area contributed by atoms with Gasteiger partial charge in [0.25, 0.3) is 0 Å². The number of nitrogens with one attached hydrogen (secondary N) is 1. The van der Waals surface area contributed by atoms with Crippen LogP contribution in [-0.2, 0) is 6.42 Å². The van der Waals surface area contributed by atoms with Crippen molar-refractivity contribution in [1.29, 1.82) is 0 Å². The minimum atomic E-state index is 0.368. The lowest BCUT2D eigenvalue weighted by molar-refractivity contribution is 0.656.